The summed E-state index contributed by atoms with van der Waals surface area (Å²) in [6.45, 7) is 7.17. The number of hydrogen-bond acceptors (Lipinski definition) is 3. The van der Waals surface area contributed by atoms with E-state index in [1.54, 1.807) is 0 Å². The van der Waals surface area contributed by atoms with E-state index >= 15 is 0 Å². The van der Waals surface area contributed by atoms with Crippen LogP contribution in [-0.2, 0) is 12.0 Å². The van der Waals surface area contributed by atoms with Gasteiger partial charge >= 0.3 is 0 Å². The maximum Gasteiger partial charge on any atom is 0.213 e. The second kappa shape index (κ2) is 6.57. The summed E-state index contributed by atoms with van der Waals surface area (Å²) in [6, 6.07) is 3.82. The average Bonchev–Trinajstić information content (AvgIpc) is 2.45. The van der Waals surface area contributed by atoms with E-state index in [-0.39, 0.29) is 12.0 Å². The van der Waals surface area contributed by atoms with Crippen LogP contribution in [-0.4, -0.2) is 16.7 Å². The molecule has 0 aromatic carbocycles. The van der Waals surface area contributed by atoms with Crippen molar-refractivity contribution in [3.8, 4) is 5.88 Å². The zero-order valence-electron chi connectivity index (χ0n) is 13.0. The minimum Gasteiger partial charge on any atom is -0.477 e. The van der Waals surface area contributed by atoms with E-state index in [1.807, 2.05) is 12.1 Å². The van der Waals surface area contributed by atoms with Crippen molar-refractivity contribution < 1.29 is 9.84 Å². The fourth-order valence-electron chi connectivity index (χ4n) is 2.67. The van der Waals surface area contributed by atoms with Gasteiger partial charge in [-0.05, 0) is 30.4 Å². The Kier molecular flexibility index (Phi) is 5.03. The average molecular weight is 277 g/mol. The molecule has 0 aliphatic heterocycles. The second-order valence-electron chi connectivity index (χ2n) is 6.92. The zero-order valence-corrected chi connectivity index (χ0v) is 13.0. The van der Waals surface area contributed by atoms with Crippen LogP contribution in [0.1, 0.15) is 64.1 Å². The van der Waals surface area contributed by atoms with E-state index in [0.29, 0.717) is 11.8 Å². The van der Waals surface area contributed by atoms with Crippen molar-refractivity contribution in [1.82, 2.24) is 4.98 Å². The summed E-state index contributed by atoms with van der Waals surface area (Å²) < 4.78 is 5.90. The molecule has 112 valence electrons. The highest BCUT2D eigenvalue weighted by Crippen LogP contribution is 2.27. The van der Waals surface area contributed by atoms with E-state index in [0.717, 1.165) is 17.9 Å². The number of aromatic nitrogens is 1. The normalized spacial score (nSPS) is 17.2. The third-order valence-corrected chi connectivity index (χ3v) is 4.00. The molecular weight excluding hydrogens is 250 g/mol. The SMILES string of the molecule is CC(C)(C)c1cc(CO)cc(OCC2CCCCC2)n1. The molecular formula is C17H27NO2. The van der Waals surface area contributed by atoms with Crippen LogP contribution < -0.4 is 4.74 Å². The van der Waals surface area contributed by atoms with Crippen molar-refractivity contribution in [2.75, 3.05) is 6.61 Å². The molecule has 0 atom stereocenters. The third kappa shape index (κ3) is 4.20. The highest BCUT2D eigenvalue weighted by atomic mass is 16.5. The van der Waals surface area contributed by atoms with Crippen molar-refractivity contribution in [2.24, 2.45) is 5.92 Å². The van der Waals surface area contributed by atoms with E-state index in [9.17, 15) is 5.11 Å². The molecule has 1 fully saturated rings. The molecule has 0 spiro atoms. The molecule has 2 rings (SSSR count). The molecule has 1 aromatic rings. The second-order valence-corrected chi connectivity index (χ2v) is 6.92. The maximum absolute atomic E-state index is 9.39. The largest absolute Gasteiger partial charge is 0.477 e. The van der Waals surface area contributed by atoms with Crippen LogP contribution in [0.3, 0.4) is 0 Å². The number of aliphatic hydroxyl groups excluding tert-OH is 1. The summed E-state index contributed by atoms with van der Waals surface area (Å²) in [4.78, 5) is 4.60. The van der Waals surface area contributed by atoms with Crippen LogP contribution in [0.15, 0.2) is 12.1 Å². The van der Waals surface area contributed by atoms with Gasteiger partial charge in [-0.3, -0.25) is 0 Å². The van der Waals surface area contributed by atoms with Gasteiger partial charge in [0.15, 0.2) is 0 Å². The van der Waals surface area contributed by atoms with E-state index in [2.05, 4.69) is 25.8 Å². The van der Waals surface area contributed by atoms with E-state index in [1.165, 1.54) is 32.1 Å². The highest BCUT2D eigenvalue weighted by molar-refractivity contribution is 5.28. The number of rotatable bonds is 4. The van der Waals surface area contributed by atoms with Gasteiger partial charge in [0.25, 0.3) is 0 Å². The Morgan fingerprint density at radius 2 is 1.90 bits per heavy atom. The molecule has 1 aliphatic rings. The van der Waals surface area contributed by atoms with Gasteiger partial charge in [-0.2, -0.15) is 0 Å². The number of aliphatic hydroxyl groups is 1. The predicted octanol–water partition coefficient (Wildman–Crippen LogP) is 3.83. The monoisotopic (exact) mass is 277 g/mol. The first-order valence-electron chi connectivity index (χ1n) is 7.74. The summed E-state index contributed by atoms with van der Waals surface area (Å²) in [6.07, 6.45) is 6.55. The smallest absolute Gasteiger partial charge is 0.213 e. The molecule has 1 N–H and O–H groups in total. The molecule has 1 heterocycles. The standard InChI is InChI=1S/C17H27NO2/c1-17(2,3)15-9-14(11-19)10-16(18-15)20-12-13-7-5-4-6-8-13/h9-10,13,19H,4-8,11-12H2,1-3H3. The summed E-state index contributed by atoms with van der Waals surface area (Å²) in [5.74, 6) is 1.33. The van der Waals surface area contributed by atoms with Crippen LogP contribution in [0.4, 0.5) is 0 Å². The van der Waals surface area contributed by atoms with Crippen molar-refractivity contribution in [2.45, 2.75) is 64.9 Å². The van der Waals surface area contributed by atoms with Gasteiger partial charge in [-0.15, -0.1) is 0 Å². The van der Waals surface area contributed by atoms with Gasteiger partial charge in [-0.25, -0.2) is 4.98 Å². The fraction of sp³-hybridized carbons (Fsp3) is 0.706. The molecule has 0 radical (unpaired) electrons. The van der Waals surface area contributed by atoms with Gasteiger partial charge in [0.05, 0.1) is 18.9 Å². The van der Waals surface area contributed by atoms with Gasteiger partial charge in [0.1, 0.15) is 0 Å². The van der Waals surface area contributed by atoms with E-state index in [4.69, 9.17) is 4.74 Å². The van der Waals surface area contributed by atoms with Gasteiger partial charge in [0.2, 0.25) is 5.88 Å². The lowest BCUT2D eigenvalue weighted by atomic mass is 9.90. The summed E-state index contributed by atoms with van der Waals surface area (Å²) in [5, 5.41) is 9.39. The van der Waals surface area contributed by atoms with Crippen LogP contribution in [0.25, 0.3) is 0 Å². The lowest BCUT2D eigenvalue weighted by Gasteiger charge is -2.23. The molecule has 1 aromatic heterocycles. The Morgan fingerprint density at radius 3 is 2.50 bits per heavy atom. The first kappa shape index (κ1) is 15.3. The van der Waals surface area contributed by atoms with Gasteiger partial charge < -0.3 is 9.84 Å². The predicted molar refractivity (Wildman–Crippen MR) is 80.9 cm³/mol. The molecule has 0 saturated heterocycles. The van der Waals surface area contributed by atoms with Crippen LogP contribution in [0.5, 0.6) is 5.88 Å². The lowest BCUT2D eigenvalue weighted by Crippen LogP contribution is -2.18. The van der Waals surface area contributed by atoms with Crippen LogP contribution in [0, 0.1) is 5.92 Å². The molecule has 0 unspecified atom stereocenters. The Bertz CT molecular complexity index is 431. The van der Waals surface area contributed by atoms with Crippen LogP contribution >= 0.6 is 0 Å². The summed E-state index contributed by atoms with van der Waals surface area (Å²) in [5.41, 5.74) is 1.82. The number of nitrogens with zero attached hydrogens (tertiary/aromatic N) is 1. The quantitative estimate of drug-likeness (QED) is 0.909. The Labute approximate surface area is 122 Å². The highest BCUT2D eigenvalue weighted by Gasteiger charge is 2.19. The topological polar surface area (TPSA) is 42.4 Å². The Morgan fingerprint density at radius 1 is 1.20 bits per heavy atom. The number of ether oxygens (including phenoxy) is 1. The molecule has 0 bridgehead atoms. The van der Waals surface area contributed by atoms with Crippen molar-refractivity contribution in [3.05, 3.63) is 23.4 Å². The Balaban J connectivity index is 2.06. The minimum absolute atomic E-state index is 0.0331. The van der Waals surface area contributed by atoms with Crippen LogP contribution in [0.2, 0.25) is 0 Å². The van der Waals surface area contributed by atoms with Crippen molar-refractivity contribution >= 4 is 0 Å². The molecule has 0 amide bonds. The first-order valence-corrected chi connectivity index (χ1v) is 7.74. The lowest BCUT2D eigenvalue weighted by molar-refractivity contribution is 0.201. The van der Waals surface area contributed by atoms with Gasteiger partial charge in [-0.1, -0.05) is 40.0 Å². The van der Waals surface area contributed by atoms with Gasteiger partial charge in [0, 0.05) is 11.5 Å². The van der Waals surface area contributed by atoms with Crippen molar-refractivity contribution in [1.29, 1.82) is 0 Å². The van der Waals surface area contributed by atoms with Crippen molar-refractivity contribution in [3.63, 3.8) is 0 Å². The number of pyridine rings is 1. The minimum atomic E-state index is -0.0336. The maximum atomic E-state index is 9.39. The molecule has 3 heteroatoms. The summed E-state index contributed by atoms with van der Waals surface area (Å²) in [7, 11) is 0. The first-order chi connectivity index (χ1) is 9.49. The summed E-state index contributed by atoms with van der Waals surface area (Å²) >= 11 is 0. The zero-order chi connectivity index (χ0) is 14.6. The van der Waals surface area contributed by atoms with E-state index < -0.39 is 0 Å². The third-order valence-electron chi connectivity index (χ3n) is 4.00. The molecule has 1 aliphatic carbocycles. The number of hydrogen-bond donors (Lipinski definition) is 1. The molecule has 3 nitrogen and oxygen atoms in total. The Hall–Kier alpha value is -1.09. The molecule has 1 saturated carbocycles. The fourth-order valence-corrected chi connectivity index (χ4v) is 2.67. The molecule has 20 heavy (non-hydrogen) atoms.